The van der Waals surface area contributed by atoms with Gasteiger partial charge in [0.1, 0.15) is 0 Å². The highest BCUT2D eigenvalue weighted by Gasteiger charge is 2.29. The Morgan fingerprint density at radius 2 is 1.64 bits per heavy atom. The first-order valence-corrected chi connectivity index (χ1v) is 10.7. The van der Waals surface area contributed by atoms with Gasteiger partial charge in [0.15, 0.2) is 0 Å². The molecule has 0 radical (unpaired) electrons. The Bertz CT molecular complexity index is 335. The molecule has 0 bridgehead atoms. The number of hydrogen-bond acceptors (Lipinski definition) is 3. The molecule has 1 aliphatic rings. The van der Waals surface area contributed by atoms with Gasteiger partial charge in [-0.15, -0.1) is 0 Å². The fraction of sp³-hybridized carbons (Fsp3) is 0.952. The maximum absolute atomic E-state index is 11.0. The molecule has 4 nitrogen and oxygen atoms in total. The first-order valence-electron chi connectivity index (χ1n) is 10.7. The van der Waals surface area contributed by atoms with Crippen LogP contribution >= 0.6 is 0 Å². The van der Waals surface area contributed by atoms with E-state index in [1.54, 1.807) is 0 Å². The molecule has 1 unspecified atom stereocenters. The zero-order valence-corrected chi connectivity index (χ0v) is 16.7. The lowest BCUT2D eigenvalue weighted by atomic mass is 9.96. The third kappa shape index (κ3) is 10.2. The summed E-state index contributed by atoms with van der Waals surface area (Å²) in [5.41, 5.74) is 0. The molecule has 25 heavy (non-hydrogen) atoms. The fourth-order valence-electron chi connectivity index (χ4n) is 3.95. The molecule has 1 fully saturated rings. The van der Waals surface area contributed by atoms with Gasteiger partial charge in [-0.1, -0.05) is 71.6 Å². The number of ether oxygens (including phenoxy) is 1. The molecule has 1 heterocycles. The van der Waals surface area contributed by atoms with Crippen molar-refractivity contribution in [2.24, 2.45) is 0 Å². The smallest absolute Gasteiger partial charge is 0.303 e. The van der Waals surface area contributed by atoms with Crippen LogP contribution < -0.4 is 0 Å². The molecular weight excluding hydrogens is 314 g/mol. The van der Waals surface area contributed by atoms with Crippen molar-refractivity contribution in [3.8, 4) is 0 Å². The van der Waals surface area contributed by atoms with E-state index in [4.69, 9.17) is 9.84 Å². The Labute approximate surface area is 155 Å². The molecular formula is C21H41NO3. The number of carboxylic acids is 1. The van der Waals surface area contributed by atoms with E-state index in [0.717, 1.165) is 19.6 Å². The number of nitrogens with zero attached hydrogens (tertiary/aromatic N) is 1. The summed E-state index contributed by atoms with van der Waals surface area (Å²) >= 11 is 0. The summed E-state index contributed by atoms with van der Waals surface area (Å²) < 4.78 is 5.66. The van der Waals surface area contributed by atoms with Crippen LogP contribution in [0.25, 0.3) is 0 Å². The molecule has 0 aliphatic carbocycles. The van der Waals surface area contributed by atoms with Gasteiger partial charge in [0.05, 0.1) is 13.2 Å². The normalized spacial score (nSPS) is 19.8. The molecule has 2 atom stereocenters. The molecule has 1 rings (SSSR count). The van der Waals surface area contributed by atoms with Crippen LogP contribution in [0.1, 0.15) is 97.3 Å². The second-order valence-electron chi connectivity index (χ2n) is 7.61. The summed E-state index contributed by atoms with van der Waals surface area (Å²) in [6.07, 6.45) is 15.4. The number of aliphatic carboxylic acids is 1. The van der Waals surface area contributed by atoms with E-state index in [1.807, 2.05) is 0 Å². The molecule has 4 heteroatoms. The van der Waals surface area contributed by atoms with Crippen molar-refractivity contribution < 1.29 is 14.6 Å². The molecule has 0 spiro atoms. The van der Waals surface area contributed by atoms with E-state index in [-0.39, 0.29) is 12.5 Å². The van der Waals surface area contributed by atoms with Crippen molar-refractivity contribution in [2.45, 2.75) is 109 Å². The van der Waals surface area contributed by atoms with Crippen LogP contribution in [0.2, 0.25) is 0 Å². The summed E-state index contributed by atoms with van der Waals surface area (Å²) in [4.78, 5) is 13.6. The minimum atomic E-state index is -0.690. The van der Waals surface area contributed by atoms with Crippen molar-refractivity contribution in [3.63, 3.8) is 0 Å². The van der Waals surface area contributed by atoms with Gasteiger partial charge in [-0.05, 0) is 19.3 Å². The number of carbonyl (C=O) groups is 1. The third-order valence-corrected chi connectivity index (χ3v) is 5.47. The maximum Gasteiger partial charge on any atom is 0.303 e. The predicted molar refractivity (Wildman–Crippen MR) is 104 cm³/mol. The number of hydrogen-bond donors (Lipinski definition) is 1. The summed E-state index contributed by atoms with van der Waals surface area (Å²) in [7, 11) is 0. The second-order valence-corrected chi connectivity index (χ2v) is 7.61. The van der Waals surface area contributed by atoms with Crippen LogP contribution in [-0.2, 0) is 9.53 Å². The van der Waals surface area contributed by atoms with Crippen molar-refractivity contribution in [1.29, 1.82) is 0 Å². The van der Waals surface area contributed by atoms with E-state index in [2.05, 4.69) is 18.7 Å². The Hall–Kier alpha value is -0.610. The minimum Gasteiger partial charge on any atom is -0.481 e. The zero-order valence-electron chi connectivity index (χ0n) is 16.7. The molecule has 0 saturated carbocycles. The van der Waals surface area contributed by atoms with Gasteiger partial charge in [0.25, 0.3) is 0 Å². The highest BCUT2D eigenvalue weighted by Crippen LogP contribution is 2.24. The second kappa shape index (κ2) is 14.5. The Morgan fingerprint density at radius 3 is 2.24 bits per heavy atom. The molecule has 1 saturated heterocycles. The lowest BCUT2D eigenvalue weighted by Gasteiger charge is -2.41. The number of carboxylic acid groups (broad SMARTS) is 1. The summed E-state index contributed by atoms with van der Waals surface area (Å²) in [6, 6.07) is 0.901. The van der Waals surface area contributed by atoms with E-state index < -0.39 is 5.97 Å². The minimum absolute atomic E-state index is 0.254. The average molecular weight is 356 g/mol. The predicted octanol–water partition coefficient (Wildman–Crippen LogP) is 5.25. The molecule has 148 valence electrons. The van der Waals surface area contributed by atoms with E-state index in [1.165, 1.54) is 70.6 Å². The summed E-state index contributed by atoms with van der Waals surface area (Å²) in [6.45, 7) is 6.99. The van der Waals surface area contributed by atoms with Crippen molar-refractivity contribution >= 4 is 5.97 Å². The van der Waals surface area contributed by atoms with Gasteiger partial charge in [-0.3, -0.25) is 9.69 Å². The average Bonchev–Trinajstić information content (AvgIpc) is 2.62. The summed E-state index contributed by atoms with van der Waals surface area (Å²) in [5, 5.41) is 9.03. The highest BCUT2D eigenvalue weighted by atomic mass is 16.5. The molecule has 0 aromatic carbocycles. The standard InChI is InChI=1S/C21H41NO3/c1-3-5-7-9-11-13-19(12-10-8-6-4-2)22-16-17-25-18-20(22)14-15-21(23)24/h19-20H,3-18H2,1-2H3,(H,23,24)/t19?,20-/m0/s1. The van der Waals surface area contributed by atoms with Gasteiger partial charge in [-0.25, -0.2) is 0 Å². The Morgan fingerprint density at radius 1 is 1.04 bits per heavy atom. The van der Waals surface area contributed by atoms with Gasteiger partial charge in [-0.2, -0.15) is 0 Å². The van der Waals surface area contributed by atoms with E-state index in [9.17, 15) is 4.79 Å². The van der Waals surface area contributed by atoms with Gasteiger partial charge < -0.3 is 9.84 Å². The van der Waals surface area contributed by atoms with Crippen LogP contribution in [0.4, 0.5) is 0 Å². The Kier molecular flexibility index (Phi) is 13.1. The molecule has 1 aliphatic heterocycles. The van der Waals surface area contributed by atoms with Gasteiger partial charge in [0.2, 0.25) is 0 Å². The first kappa shape index (κ1) is 22.4. The number of unbranched alkanes of at least 4 members (excludes halogenated alkanes) is 7. The zero-order chi connectivity index (χ0) is 18.3. The molecule has 0 aromatic rings. The first-order chi connectivity index (χ1) is 12.2. The van der Waals surface area contributed by atoms with Crippen LogP contribution in [0, 0.1) is 0 Å². The molecule has 1 N–H and O–H groups in total. The number of morpholine rings is 1. The van der Waals surface area contributed by atoms with Crippen LogP contribution in [0.3, 0.4) is 0 Å². The van der Waals surface area contributed by atoms with Crippen molar-refractivity contribution in [1.82, 2.24) is 4.90 Å². The largest absolute Gasteiger partial charge is 0.481 e. The van der Waals surface area contributed by atoms with Crippen molar-refractivity contribution in [2.75, 3.05) is 19.8 Å². The lowest BCUT2D eigenvalue weighted by molar-refractivity contribution is -0.138. The van der Waals surface area contributed by atoms with Crippen LogP contribution in [0.5, 0.6) is 0 Å². The lowest BCUT2D eigenvalue weighted by Crippen LogP contribution is -2.51. The quantitative estimate of drug-likeness (QED) is 0.408. The Balaban J connectivity index is 2.53. The third-order valence-electron chi connectivity index (χ3n) is 5.47. The van der Waals surface area contributed by atoms with Crippen molar-refractivity contribution in [3.05, 3.63) is 0 Å². The van der Waals surface area contributed by atoms with Gasteiger partial charge in [0, 0.05) is 25.0 Å². The maximum atomic E-state index is 11.0. The number of rotatable bonds is 15. The SMILES string of the molecule is CCCCCCCC(CCCCCC)N1CCOC[C@@H]1CCC(=O)O. The van der Waals surface area contributed by atoms with Gasteiger partial charge >= 0.3 is 5.97 Å². The summed E-state index contributed by atoms with van der Waals surface area (Å²) in [5.74, 6) is -0.690. The molecule has 0 aromatic heterocycles. The molecule has 0 amide bonds. The van der Waals surface area contributed by atoms with E-state index >= 15 is 0 Å². The fourth-order valence-corrected chi connectivity index (χ4v) is 3.95. The monoisotopic (exact) mass is 355 g/mol. The topological polar surface area (TPSA) is 49.8 Å². The van der Waals surface area contributed by atoms with E-state index in [0.29, 0.717) is 12.6 Å². The highest BCUT2D eigenvalue weighted by molar-refractivity contribution is 5.66. The van der Waals surface area contributed by atoms with Crippen LogP contribution in [0.15, 0.2) is 0 Å². The van der Waals surface area contributed by atoms with Crippen LogP contribution in [-0.4, -0.2) is 47.8 Å².